The Morgan fingerprint density at radius 1 is 1.09 bits per heavy atom. The van der Waals surface area contributed by atoms with Crippen LogP contribution in [0.2, 0.25) is 0 Å². The molecular weight excluding hydrogens is 291 g/mol. The highest BCUT2D eigenvalue weighted by Crippen LogP contribution is 2.39. The fourth-order valence-corrected chi connectivity index (χ4v) is 3.71. The Kier molecular flexibility index (Phi) is 3.52. The van der Waals surface area contributed by atoms with Crippen molar-refractivity contribution in [3.05, 3.63) is 59.9 Å². The number of rotatable bonds is 2. The molecule has 0 bridgehead atoms. The van der Waals surface area contributed by atoms with Crippen LogP contribution in [0, 0.1) is 11.7 Å². The molecule has 0 radical (unpaired) electrons. The highest BCUT2D eigenvalue weighted by atomic mass is 19.1. The minimum atomic E-state index is -0.256. The van der Waals surface area contributed by atoms with Crippen LogP contribution in [0.3, 0.4) is 0 Å². The first-order valence-corrected chi connectivity index (χ1v) is 8.14. The van der Waals surface area contributed by atoms with Crippen LogP contribution in [0.15, 0.2) is 48.5 Å². The molecule has 2 unspecified atom stereocenters. The lowest BCUT2D eigenvalue weighted by molar-refractivity contribution is -0.122. The average molecular weight is 310 g/mol. The summed E-state index contributed by atoms with van der Waals surface area (Å²) >= 11 is 0. The highest BCUT2D eigenvalue weighted by Gasteiger charge is 2.39. The number of nitrogens with zero attached hydrogens (tertiary/aromatic N) is 1. The summed E-state index contributed by atoms with van der Waals surface area (Å²) in [6.07, 6.45) is 3.06. The van der Waals surface area contributed by atoms with Gasteiger partial charge in [0.25, 0.3) is 0 Å². The molecule has 23 heavy (non-hydrogen) atoms. The highest BCUT2D eigenvalue weighted by molar-refractivity contribution is 6.00. The number of para-hydroxylation sites is 2. The molecule has 118 valence electrons. The first-order chi connectivity index (χ1) is 11.2. The minimum Gasteiger partial charge on any atom is -0.380 e. The Hall–Kier alpha value is -2.36. The van der Waals surface area contributed by atoms with Gasteiger partial charge >= 0.3 is 0 Å². The van der Waals surface area contributed by atoms with Gasteiger partial charge in [-0.2, -0.15) is 0 Å². The Labute approximate surface area is 135 Å². The molecule has 0 spiro atoms. The molecule has 1 aliphatic heterocycles. The molecule has 2 atom stereocenters. The van der Waals surface area contributed by atoms with E-state index >= 15 is 0 Å². The molecule has 4 heteroatoms. The summed E-state index contributed by atoms with van der Waals surface area (Å²) in [6.45, 7) is 0.473. The molecule has 1 saturated carbocycles. The van der Waals surface area contributed by atoms with Crippen LogP contribution in [0.25, 0.3) is 0 Å². The van der Waals surface area contributed by atoms with Gasteiger partial charge in [-0.3, -0.25) is 4.79 Å². The van der Waals surface area contributed by atoms with Gasteiger partial charge in [-0.25, -0.2) is 4.39 Å². The third-order valence-corrected chi connectivity index (χ3v) is 4.89. The van der Waals surface area contributed by atoms with Crippen LogP contribution >= 0.6 is 0 Å². The van der Waals surface area contributed by atoms with Crippen LogP contribution in [0.4, 0.5) is 15.8 Å². The fourth-order valence-electron chi connectivity index (χ4n) is 3.71. The maximum absolute atomic E-state index is 13.1. The van der Waals surface area contributed by atoms with E-state index in [4.69, 9.17) is 0 Å². The van der Waals surface area contributed by atoms with Gasteiger partial charge in [0.1, 0.15) is 5.82 Å². The summed E-state index contributed by atoms with van der Waals surface area (Å²) in [7, 11) is 0. The summed E-state index contributed by atoms with van der Waals surface area (Å²) in [5.74, 6) is -0.0500. The molecule has 0 aromatic heterocycles. The second-order valence-electron chi connectivity index (χ2n) is 6.36. The first kappa shape index (κ1) is 14.2. The predicted molar refractivity (Wildman–Crippen MR) is 88.8 cm³/mol. The number of amides is 1. The summed E-state index contributed by atoms with van der Waals surface area (Å²) in [5, 5.41) is 3.55. The van der Waals surface area contributed by atoms with E-state index in [1.807, 2.05) is 29.2 Å². The van der Waals surface area contributed by atoms with Crippen LogP contribution in [0.5, 0.6) is 0 Å². The van der Waals surface area contributed by atoms with Crippen molar-refractivity contribution in [2.45, 2.75) is 31.8 Å². The van der Waals surface area contributed by atoms with Gasteiger partial charge in [0.05, 0.1) is 23.8 Å². The van der Waals surface area contributed by atoms with E-state index in [0.29, 0.717) is 6.54 Å². The zero-order valence-electron chi connectivity index (χ0n) is 12.8. The number of anilines is 2. The molecule has 0 saturated heterocycles. The first-order valence-electron chi connectivity index (χ1n) is 8.14. The smallest absolute Gasteiger partial charge is 0.232 e. The van der Waals surface area contributed by atoms with E-state index in [1.165, 1.54) is 12.1 Å². The van der Waals surface area contributed by atoms with Crippen molar-refractivity contribution in [2.75, 3.05) is 10.2 Å². The molecule has 1 N–H and O–H groups in total. The van der Waals surface area contributed by atoms with Gasteiger partial charge in [0.15, 0.2) is 0 Å². The molecule has 4 rings (SSSR count). The summed E-state index contributed by atoms with van der Waals surface area (Å²) < 4.78 is 13.1. The largest absolute Gasteiger partial charge is 0.380 e. The van der Waals surface area contributed by atoms with E-state index in [1.54, 1.807) is 12.1 Å². The molecule has 1 amide bonds. The lowest BCUT2D eigenvalue weighted by atomic mass is 10.0. The molecular formula is C19H19FN2O. The van der Waals surface area contributed by atoms with E-state index in [-0.39, 0.29) is 23.7 Å². The summed E-state index contributed by atoms with van der Waals surface area (Å²) in [6, 6.07) is 14.5. The van der Waals surface area contributed by atoms with Crippen LogP contribution in [0.1, 0.15) is 24.8 Å². The number of benzene rings is 2. The standard InChI is InChI=1S/C19H19FN2O/c20-14-10-8-13(9-11-14)12-22-18-7-2-1-5-17(18)21-16-6-3-4-15(16)19(22)23/h1-2,5,7-11,15-16,21H,3-4,6,12H2. The Bertz CT molecular complexity index is 728. The van der Waals surface area contributed by atoms with Gasteiger partial charge in [-0.05, 0) is 42.7 Å². The van der Waals surface area contributed by atoms with Crippen molar-refractivity contribution in [1.82, 2.24) is 0 Å². The lowest BCUT2D eigenvalue weighted by Crippen LogP contribution is -2.38. The van der Waals surface area contributed by atoms with Crippen molar-refractivity contribution < 1.29 is 9.18 Å². The van der Waals surface area contributed by atoms with Crippen molar-refractivity contribution in [3.8, 4) is 0 Å². The van der Waals surface area contributed by atoms with Gasteiger partial charge in [0, 0.05) is 6.04 Å². The van der Waals surface area contributed by atoms with Crippen molar-refractivity contribution in [2.24, 2.45) is 5.92 Å². The number of hydrogen-bond donors (Lipinski definition) is 1. The van der Waals surface area contributed by atoms with E-state index in [0.717, 1.165) is 36.2 Å². The Balaban J connectivity index is 1.73. The number of nitrogens with one attached hydrogen (secondary N) is 1. The van der Waals surface area contributed by atoms with Gasteiger partial charge in [-0.1, -0.05) is 30.7 Å². The molecule has 2 aromatic rings. The monoisotopic (exact) mass is 310 g/mol. The fraction of sp³-hybridized carbons (Fsp3) is 0.316. The van der Waals surface area contributed by atoms with Gasteiger partial charge in [0.2, 0.25) is 5.91 Å². The zero-order chi connectivity index (χ0) is 15.8. The molecule has 2 aliphatic rings. The second-order valence-corrected chi connectivity index (χ2v) is 6.36. The number of halogens is 1. The van der Waals surface area contributed by atoms with Gasteiger partial charge < -0.3 is 10.2 Å². The maximum atomic E-state index is 13.1. The van der Waals surface area contributed by atoms with Crippen molar-refractivity contribution >= 4 is 17.3 Å². The molecule has 1 aliphatic carbocycles. The summed E-state index contributed by atoms with van der Waals surface area (Å²) in [5.41, 5.74) is 2.86. The predicted octanol–water partition coefficient (Wildman–Crippen LogP) is 3.95. The number of hydrogen-bond acceptors (Lipinski definition) is 2. The quantitative estimate of drug-likeness (QED) is 0.911. The SMILES string of the molecule is O=C1C2CCCC2Nc2ccccc2N1Cc1ccc(F)cc1. The molecule has 3 nitrogen and oxygen atoms in total. The van der Waals surface area contributed by atoms with Crippen LogP contribution < -0.4 is 10.2 Å². The normalized spacial score (nSPS) is 23.0. The third kappa shape index (κ3) is 2.58. The number of carbonyl (C=O) groups excluding carboxylic acids is 1. The zero-order valence-corrected chi connectivity index (χ0v) is 12.8. The van der Waals surface area contributed by atoms with Crippen molar-refractivity contribution in [3.63, 3.8) is 0 Å². The Morgan fingerprint density at radius 2 is 1.87 bits per heavy atom. The van der Waals surface area contributed by atoms with E-state index in [9.17, 15) is 9.18 Å². The van der Waals surface area contributed by atoms with Crippen molar-refractivity contribution in [1.29, 1.82) is 0 Å². The maximum Gasteiger partial charge on any atom is 0.232 e. The summed E-state index contributed by atoms with van der Waals surface area (Å²) in [4.78, 5) is 14.9. The average Bonchev–Trinajstić information content (AvgIpc) is 2.99. The topological polar surface area (TPSA) is 32.3 Å². The third-order valence-electron chi connectivity index (χ3n) is 4.89. The molecule has 1 fully saturated rings. The van der Waals surface area contributed by atoms with E-state index < -0.39 is 0 Å². The van der Waals surface area contributed by atoms with Gasteiger partial charge in [-0.15, -0.1) is 0 Å². The van der Waals surface area contributed by atoms with Crippen LogP contribution in [-0.4, -0.2) is 11.9 Å². The number of fused-ring (bicyclic) bond motifs is 2. The minimum absolute atomic E-state index is 0.0304. The number of carbonyl (C=O) groups is 1. The second kappa shape index (κ2) is 5.69. The lowest BCUT2D eigenvalue weighted by Gasteiger charge is -2.25. The molecule has 1 heterocycles. The van der Waals surface area contributed by atoms with E-state index in [2.05, 4.69) is 5.32 Å². The Morgan fingerprint density at radius 3 is 2.70 bits per heavy atom. The molecule has 2 aromatic carbocycles. The van der Waals surface area contributed by atoms with Crippen LogP contribution in [-0.2, 0) is 11.3 Å².